The molecule has 0 radical (unpaired) electrons. The summed E-state index contributed by atoms with van der Waals surface area (Å²) in [5, 5.41) is 7.78. The van der Waals surface area contributed by atoms with Crippen LogP contribution in [0.2, 0.25) is 0 Å². The number of rotatable bonds is 12. The molecule has 4 N–H and O–H groups in total. The van der Waals surface area contributed by atoms with E-state index in [4.69, 9.17) is 25.4 Å². The van der Waals surface area contributed by atoms with Gasteiger partial charge in [-0.3, -0.25) is 5.41 Å². The molecule has 9 heteroatoms. The van der Waals surface area contributed by atoms with E-state index < -0.39 is 5.82 Å². The molecule has 1 aromatic heterocycles. The summed E-state index contributed by atoms with van der Waals surface area (Å²) in [6.07, 6.45) is 1.49. The van der Waals surface area contributed by atoms with E-state index in [-0.39, 0.29) is 29.9 Å². The van der Waals surface area contributed by atoms with E-state index in [1.807, 2.05) is 75.4 Å². The maximum atomic E-state index is 16.1. The van der Waals surface area contributed by atoms with Crippen LogP contribution in [-0.2, 0) is 6.54 Å². The lowest BCUT2D eigenvalue weighted by molar-refractivity contribution is 0.229. The van der Waals surface area contributed by atoms with Crippen LogP contribution in [0, 0.1) is 11.2 Å². The molecule has 0 aliphatic rings. The molecule has 0 aliphatic carbocycles. The quantitative estimate of drug-likeness (QED) is 0.103. The van der Waals surface area contributed by atoms with E-state index >= 15 is 4.39 Å². The van der Waals surface area contributed by atoms with E-state index in [1.54, 1.807) is 47.5 Å². The third kappa shape index (κ3) is 6.95. The Labute approximate surface area is 250 Å². The second kappa shape index (κ2) is 13.1. The molecule has 43 heavy (non-hydrogen) atoms. The van der Waals surface area contributed by atoms with Gasteiger partial charge >= 0.3 is 0 Å². The van der Waals surface area contributed by atoms with Gasteiger partial charge in [-0.25, -0.2) is 9.37 Å². The number of hydrogen-bond donors (Lipinski definition) is 3. The Morgan fingerprint density at radius 3 is 2.37 bits per heavy atom. The molecule has 5 rings (SSSR count). The number of amidine groups is 1. The summed E-state index contributed by atoms with van der Waals surface area (Å²) in [4.78, 5) is 9.82. The van der Waals surface area contributed by atoms with Gasteiger partial charge in [0, 0.05) is 28.9 Å². The van der Waals surface area contributed by atoms with E-state index in [0.29, 0.717) is 35.2 Å². The molecule has 0 atom stereocenters. The molecular weight excluding hydrogens is 545 g/mol. The minimum atomic E-state index is -0.527. The van der Waals surface area contributed by atoms with Gasteiger partial charge in [0.15, 0.2) is 11.6 Å². The van der Waals surface area contributed by atoms with Crippen molar-refractivity contribution in [3.8, 4) is 34.3 Å². The zero-order valence-electron chi connectivity index (χ0n) is 24.3. The fourth-order valence-electron chi connectivity index (χ4n) is 4.60. The molecule has 0 bridgehead atoms. The fraction of sp³-hybridized carbons (Fsp3) is 0.176. The highest BCUT2D eigenvalue weighted by Gasteiger charge is 2.22. The van der Waals surface area contributed by atoms with E-state index in [0.717, 1.165) is 17.0 Å². The van der Waals surface area contributed by atoms with Crippen LogP contribution in [0.25, 0.3) is 11.3 Å². The van der Waals surface area contributed by atoms with Gasteiger partial charge in [-0.1, -0.05) is 30.3 Å². The van der Waals surface area contributed by atoms with Gasteiger partial charge in [-0.15, -0.1) is 0 Å². The van der Waals surface area contributed by atoms with Gasteiger partial charge in [0.05, 0.1) is 36.8 Å². The second-order valence-corrected chi connectivity index (χ2v) is 10.1. The molecule has 5 aromatic rings. The number of para-hydroxylation sites is 2. The second-order valence-electron chi connectivity index (χ2n) is 10.1. The van der Waals surface area contributed by atoms with Crippen molar-refractivity contribution in [1.82, 2.24) is 9.97 Å². The first kappa shape index (κ1) is 29.2. The number of imidazole rings is 1. The fourth-order valence-corrected chi connectivity index (χ4v) is 4.60. The van der Waals surface area contributed by atoms with Crippen molar-refractivity contribution in [3.63, 3.8) is 0 Å². The highest BCUT2D eigenvalue weighted by Crippen LogP contribution is 2.39. The first-order chi connectivity index (χ1) is 20.8. The lowest BCUT2D eigenvalue weighted by Gasteiger charge is -2.26. The van der Waals surface area contributed by atoms with Crippen LogP contribution < -0.4 is 24.8 Å². The van der Waals surface area contributed by atoms with Crippen LogP contribution >= 0.6 is 0 Å². The van der Waals surface area contributed by atoms with Crippen LogP contribution in [-0.4, -0.2) is 28.5 Å². The smallest absolute Gasteiger partial charge is 0.188 e. The summed E-state index contributed by atoms with van der Waals surface area (Å²) in [6, 6.07) is 27.5. The lowest BCUT2D eigenvalue weighted by atomic mass is 10.1. The number of nitrogens with one attached hydrogen (secondary N) is 2. The summed E-state index contributed by atoms with van der Waals surface area (Å²) in [5.74, 6) is 1.97. The minimum Gasteiger partial charge on any atom is -0.494 e. The molecule has 0 spiro atoms. The SMILES string of the molecule is CCOc1cc(OC(C)C)c(F)c(N(Cc2ncc(-c3ccccc3Oc3ccccc3)[nH]2)c2ccc(C(=N)N)cc2)c1. The molecular formula is C34H34FN5O3. The van der Waals surface area contributed by atoms with Gasteiger partial charge in [0.1, 0.15) is 28.9 Å². The lowest BCUT2D eigenvalue weighted by Crippen LogP contribution is -2.20. The number of ether oxygens (including phenoxy) is 3. The molecule has 4 aromatic carbocycles. The van der Waals surface area contributed by atoms with Crippen molar-refractivity contribution in [2.75, 3.05) is 11.5 Å². The van der Waals surface area contributed by atoms with Crippen molar-refractivity contribution in [3.05, 3.63) is 114 Å². The molecule has 0 amide bonds. The number of aromatic nitrogens is 2. The highest BCUT2D eigenvalue weighted by atomic mass is 19.1. The number of anilines is 2. The number of halogens is 1. The number of nitrogens with zero attached hydrogens (tertiary/aromatic N) is 2. The zero-order valence-corrected chi connectivity index (χ0v) is 24.3. The standard InChI is InChI=1S/C34H34FN5O3/c1-4-41-26-18-29(33(35)31(19-26)42-22(2)3)40(24-16-14-23(15-17-24)34(36)37)21-32-38-20-28(39-32)27-12-8-9-13-30(27)43-25-10-6-5-7-11-25/h5-20,22H,4,21H2,1-3H3,(H3,36,37)(H,38,39). The predicted octanol–water partition coefficient (Wildman–Crippen LogP) is 7.82. The minimum absolute atomic E-state index is 0.0534. The summed E-state index contributed by atoms with van der Waals surface area (Å²) < 4.78 is 33.9. The molecule has 8 nitrogen and oxygen atoms in total. The number of nitrogens with two attached hydrogens (primary N) is 1. The summed E-state index contributed by atoms with van der Waals surface area (Å²) in [6.45, 7) is 6.15. The summed E-state index contributed by atoms with van der Waals surface area (Å²) in [7, 11) is 0. The van der Waals surface area contributed by atoms with Crippen molar-refractivity contribution in [1.29, 1.82) is 5.41 Å². The van der Waals surface area contributed by atoms with Crippen molar-refractivity contribution in [2.45, 2.75) is 33.4 Å². The number of benzene rings is 4. The maximum absolute atomic E-state index is 16.1. The molecule has 0 saturated heterocycles. The average molecular weight is 580 g/mol. The number of hydrogen-bond acceptors (Lipinski definition) is 6. The Morgan fingerprint density at radius 2 is 1.67 bits per heavy atom. The van der Waals surface area contributed by atoms with Crippen LogP contribution in [0.5, 0.6) is 23.0 Å². The predicted molar refractivity (Wildman–Crippen MR) is 167 cm³/mol. The van der Waals surface area contributed by atoms with Crippen LogP contribution in [0.1, 0.15) is 32.2 Å². The molecule has 0 fully saturated rings. The molecule has 0 saturated carbocycles. The van der Waals surface area contributed by atoms with Crippen LogP contribution in [0.4, 0.5) is 15.8 Å². The Kier molecular flexibility index (Phi) is 8.90. The first-order valence-corrected chi connectivity index (χ1v) is 14.0. The Balaban J connectivity index is 1.54. The third-order valence-corrected chi connectivity index (χ3v) is 6.53. The van der Waals surface area contributed by atoms with Crippen molar-refractivity contribution in [2.24, 2.45) is 5.73 Å². The topological polar surface area (TPSA) is 109 Å². The highest BCUT2D eigenvalue weighted by molar-refractivity contribution is 5.95. The van der Waals surface area contributed by atoms with E-state index in [1.165, 1.54) is 0 Å². The largest absolute Gasteiger partial charge is 0.494 e. The average Bonchev–Trinajstić information content (AvgIpc) is 3.47. The van der Waals surface area contributed by atoms with Crippen LogP contribution in [0.15, 0.2) is 97.2 Å². The Morgan fingerprint density at radius 1 is 0.953 bits per heavy atom. The number of nitrogen functional groups attached to an aromatic ring is 1. The van der Waals surface area contributed by atoms with Gasteiger partial charge in [-0.2, -0.15) is 0 Å². The van der Waals surface area contributed by atoms with Gasteiger partial charge in [0.2, 0.25) is 0 Å². The number of aromatic amines is 1. The van der Waals surface area contributed by atoms with E-state index in [2.05, 4.69) is 9.97 Å². The van der Waals surface area contributed by atoms with E-state index in [9.17, 15) is 0 Å². The van der Waals surface area contributed by atoms with Crippen molar-refractivity contribution >= 4 is 17.2 Å². The van der Waals surface area contributed by atoms with Crippen LogP contribution in [0.3, 0.4) is 0 Å². The summed E-state index contributed by atoms with van der Waals surface area (Å²) in [5.41, 5.74) is 8.75. The molecule has 220 valence electrons. The van der Waals surface area contributed by atoms with Crippen molar-refractivity contribution < 1.29 is 18.6 Å². The van der Waals surface area contributed by atoms with Gasteiger partial charge in [-0.05, 0) is 69.3 Å². The molecule has 0 aliphatic heterocycles. The normalized spacial score (nSPS) is 10.9. The van der Waals surface area contributed by atoms with Gasteiger partial charge in [0.25, 0.3) is 0 Å². The zero-order chi connectivity index (χ0) is 30.3. The molecule has 1 heterocycles. The maximum Gasteiger partial charge on any atom is 0.188 e. The summed E-state index contributed by atoms with van der Waals surface area (Å²) >= 11 is 0. The third-order valence-electron chi connectivity index (χ3n) is 6.53. The Bertz CT molecular complexity index is 1690. The van der Waals surface area contributed by atoms with Gasteiger partial charge < -0.3 is 29.8 Å². The monoisotopic (exact) mass is 579 g/mol. The first-order valence-electron chi connectivity index (χ1n) is 14.0. The molecule has 0 unspecified atom stereocenters. The number of H-pyrrole nitrogens is 1. The Hall–Kier alpha value is -5.31.